The second-order valence-electron chi connectivity index (χ2n) is 4.94. The van der Waals surface area contributed by atoms with Gasteiger partial charge in [-0.25, -0.2) is 9.50 Å². The molecule has 0 saturated heterocycles. The van der Waals surface area contributed by atoms with Gasteiger partial charge in [0.2, 0.25) is 0 Å². The first kappa shape index (κ1) is 16.6. The number of halogens is 7. The molecule has 0 saturated carbocycles. The van der Waals surface area contributed by atoms with E-state index in [9.17, 15) is 31.1 Å². The zero-order valence-electron chi connectivity index (χ0n) is 11.3. The minimum absolute atomic E-state index is 0.0288. The number of benzene rings is 1. The molecule has 0 aliphatic carbocycles. The summed E-state index contributed by atoms with van der Waals surface area (Å²) in [5.41, 5.74) is -2.76. The van der Waals surface area contributed by atoms with Gasteiger partial charge in [0.15, 0.2) is 5.65 Å². The predicted molar refractivity (Wildman–Crippen MR) is 73.0 cm³/mol. The fourth-order valence-corrected chi connectivity index (χ4v) is 2.26. The first-order chi connectivity index (χ1) is 11.0. The molecule has 11 heteroatoms. The van der Waals surface area contributed by atoms with Gasteiger partial charge in [-0.3, -0.25) is 9.89 Å². The number of hydrogen-bond acceptors (Lipinski definition) is 2. The Bertz CT molecular complexity index is 991. The number of nitrogens with zero attached hydrogens (tertiary/aromatic N) is 2. The number of alkyl halides is 7. The summed E-state index contributed by atoms with van der Waals surface area (Å²) in [6.45, 7) is 0. The van der Waals surface area contributed by atoms with E-state index in [-0.39, 0.29) is 10.9 Å². The fourth-order valence-electron chi connectivity index (χ4n) is 2.14. The zero-order chi connectivity index (χ0) is 17.9. The second kappa shape index (κ2) is 4.88. The molecule has 0 fully saturated rings. The maximum atomic E-state index is 13.9. The lowest BCUT2D eigenvalue weighted by molar-refractivity contribution is -0.287. The van der Waals surface area contributed by atoms with Crippen molar-refractivity contribution in [2.45, 2.75) is 17.2 Å². The maximum Gasteiger partial charge on any atom is 0.392 e. The number of aromatic nitrogens is 3. The maximum absolute atomic E-state index is 13.9. The van der Waals surface area contributed by atoms with Gasteiger partial charge in [0.1, 0.15) is 5.69 Å². The van der Waals surface area contributed by atoms with Crippen molar-refractivity contribution in [1.82, 2.24) is 14.6 Å². The van der Waals surface area contributed by atoms with Gasteiger partial charge in [-0.05, 0) is 23.7 Å². The van der Waals surface area contributed by atoms with E-state index in [1.165, 1.54) is 24.3 Å². The molecule has 0 bridgehead atoms. The smallest absolute Gasteiger partial charge is 0.287 e. The average Bonchev–Trinajstić information content (AvgIpc) is 2.91. The summed E-state index contributed by atoms with van der Waals surface area (Å²) < 4.78 is 80.2. The van der Waals surface area contributed by atoms with Crippen LogP contribution in [-0.4, -0.2) is 25.9 Å². The first-order valence-electron chi connectivity index (χ1n) is 6.30. The van der Waals surface area contributed by atoms with Crippen molar-refractivity contribution in [2.24, 2.45) is 0 Å². The summed E-state index contributed by atoms with van der Waals surface area (Å²) in [7, 11) is 0. The SMILES string of the molecule is O=c1c2ccccc2nc2cc(C(F)(F)C(F)(F)C(F)(F)Cl)[nH]n12. The van der Waals surface area contributed by atoms with E-state index in [0.717, 1.165) is 0 Å². The summed E-state index contributed by atoms with van der Waals surface area (Å²) in [5.74, 6) is -11.3. The summed E-state index contributed by atoms with van der Waals surface area (Å²) in [4.78, 5) is 16.0. The molecule has 24 heavy (non-hydrogen) atoms. The summed E-state index contributed by atoms with van der Waals surface area (Å²) in [5, 5.41) is -3.78. The van der Waals surface area contributed by atoms with Crippen LogP contribution >= 0.6 is 11.6 Å². The van der Waals surface area contributed by atoms with Crippen molar-refractivity contribution in [2.75, 3.05) is 0 Å². The Morgan fingerprint density at radius 3 is 2.33 bits per heavy atom. The third-order valence-electron chi connectivity index (χ3n) is 3.40. The highest BCUT2D eigenvalue weighted by molar-refractivity contribution is 6.22. The van der Waals surface area contributed by atoms with Crippen LogP contribution in [0.15, 0.2) is 35.1 Å². The molecule has 1 aromatic carbocycles. The number of H-pyrrole nitrogens is 1. The van der Waals surface area contributed by atoms with Crippen molar-refractivity contribution < 1.29 is 26.3 Å². The molecule has 4 nitrogen and oxygen atoms in total. The van der Waals surface area contributed by atoms with Crippen molar-refractivity contribution in [1.29, 1.82) is 0 Å². The molecule has 0 atom stereocenters. The Morgan fingerprint density at radius 2 is 1.71 bits per heavy atom. The average molecular weight is 370 g/mol. The van der Waals surface area contributed by atoms with Gasteiger partial charge in [-0.2, -0.15) is 26.3 Å². The van der Waals surface area contributed by atoms with E-state index in [0.29, 0.717) is 10.6 Å². The molecule has 0 aliphatic rings. The van der Waals surface area contributed by atoms with Crippen LogP contribution in [0.5, 0.6) is 0 Å². The summed E-state index contributed by atoms with van der Waals surface area (Å²) in [6.07, 6.45) is 0. The Morgan fingerprint density at radius 1 is 1.08 bits per heavy atom. The van der Waals surface area contributed by atoms with Crippen molar-refractivity contribution >= 4 is 28.2 Å². The van der Waals surface area contributed by atoms with Crippen molar-refractivity contribution in [3.8, 4) is 0 Å². The molecule has 128 valence electrons. The number of rotatable bonds is 3. The van der Waals surface area contributed by atoms with E-state index in [4.69, 9.17) is 0 Å². The molecule has 0 aliphatic heterocycles. The van der Waals surface area contributed by atoms with Crippen LogP contribution in [0.1, 0.15) is 5.69 Å². The van der Waals surface area contributed by atoms with Crippen molar-refractivity contribution in [3.05, 3.63) is 46.4 Å². The van der Waals surface area contributed by atoms with Crippen LogP contribution in [0, 0.1) is 0 Å². The quantitative estimate of drug-likeness (QED) is 0.565. The highest BCUT2D eigenvalue weighted by Gasteiger charge is 2.72. The van der Waals surface area contributed by atoms with Gasteiger partial charge in [0.05, 0.1) is 10.9 Å². The van der Waals surface area contributed by atoms with Crippen LogP contribution in [0.25, 0.3) is 16.6 Å². The normalized spacial score (nSPS) is 13.8. The summed E-state index contributed by atoms with van der Waals surface area (Å²) in [6, 6.07) is 6.15. The minimum atomic E-state index is -5.90. The van der Waals surface area contributed by atoms with E-state index in [1.807, 2.05) is 0 Å². The molecule has 0 unspecified atom stereocenters. The monoisotopic (exact) mass is 369 g/mol. The highest BCUT2D eigenvalue weighted by atomic mass is 35.5. The van der Waals surface area contributed by atoms with Gasteiger partial charge < -0.3 is 0 Å². The van der Waals surface area contributed by atoms with E-state index in [2.05, 4.69) is 16.6 Å². The Hall–Kier alpha value is -2.23. The number of nitrogens with one attached hydrogen (secondary N) is 1. The number of hydrogen-bond donors (Lipinski definition) is 1. The van der Waals surface area contributed by atoms with Gasteiger partial charge >= 0.3 is 17.2 Å². The van der Waals surface area contributed by atoms with Gasteiger partial charge in [-0.15, -0.1) is 0 Å². The van der Waals surface area contributed by atoms with Crippen LogP contribution in [0.4, 0.5) is 26.3 Å². The number of fused-ring (bicyclic) bond motifs is 2. The van der Waals surface area contributed by atoms with Crippen molar-refractivity contribution in [3.63, 3.8) is 0 Å². The third-order valence-corrected chi connectivity index (χ3v) is 3.63. The molecular formula is C13H6ClF6N3O. The van der Waals surface area contributed by atoms with Crippen LogP contribution in [0.2, 0.25) is 0 Å². The zero-order valence-corrected chi connectivity index (χ0v) is 12.1. The minimum Gasteiger partial charge on any atom is -0.287 e. The predicted octanol–water partition coefficient (Wildman–Crippen LogP) is 3.73. The molecule has 2 heterocycles. The second-order valence-corrected chi connectivity index (χ2v) is 5.42. The van der Waals surface area contributed by atoms with Crippen LogP contribution < -0.4 is 5.56 Å². The Kier molecular flexibility index (Phi) is 3.38. The lowest BCUT2D eigenvalue weighted by Crippen LogP contribution is -2.49. The van der Waals surface area contributed by atoms with Crippen LogP contribution in [0.3, 0.4) is 0 Å². The fraction of sp³-hybridized carbons (Fsp3) is 0.231. The molecule has 3 aromatic rings. The lowest BCUT2D eigenvalue weighted by atomic mass is 10.1. The number of para-hydroxylation sites is 1. The van der Waals surface area contributed by atoms with Crippen LogP contribution in [-0.2, 0) is 5.92 Å². The molecule has 3 rings (SSSR count). The van der Waals surface area contributed by atoms with E-state index < -0.39 is 34.1 Å². The third kappa shape index (κ3) is 2.16. The highest BCUT2D eigenvalue weighted by Crippen LogP contribution is 2.52. The van der Waals surface area contributed by atoms with Gasteiger partial charge in [-0.1, -0.05) is 12.1 Å². The largest absolute Gasteiger partial charge is 0.392 e. The lowest BCUT2D eigenvalue weighted by Gasteiger charge is -2.28. The Labute approximate surface area is 133 Å². The molecule has 0 radical (unpaired) electrons. The Balaban J connectivity index is 2.27. The molecule has 1 N–H and O–H groups in total. The van der Waals surface area contributed by atoms with Gasteiger partial charge in [0, 0.05) is 6.07 Å². The molecule has 0 spiro atoms. The van der Waals surface area contributed by atoms with E-state index in [1.54, 1.807) is 5.10 Å². The van der Waals surface area contributed by atoms with Gasteiger partial charge in [0.25, 0.3) is 5.56 Å². The topological polar surface area (TPSA) is 50.2 Å². The van der Waals surface area contributed by atoms with E-state index >= 15 is 0 Å². The molecule has 2 aromatic heterocycles. The molecular weight excluding hydrogens is 364 g/mol. The first-order valence-corrected chi connectivity index (χ1v) is 6.68. The summed E-state index contributed by atoms with van der Waals surface area (Å²) >= 11 is 4.11. The standard InChI is InChI=1S/C13H6ClF6N3O/c14-13(19,20)12(17,18)11(15,16)8-5-9-21-7-4-2-1-3-6(7)10(24)23(9)22-8/h1-5,22H. The molecule has 0 amide bonds. The number of aromatic amines is 1.